The molecule has 2 N–H and O–H groups in total. The lowest BCUT2D eigenvalue weighted by molar-refractivity contribution is -0.128. The smallest absolute Gasteiger partial charge is 0.279 e. The molecule has 0 saturated heterocycles. The first-order chi connectivity index (χ1) is 12.4. The van der Waals surface area contributed by atoms with Crippen molar-refractivity contribution in [2.75, 3.05) is 14.2 Å². The molecule has 0 aliphatic heterocycles. The van der Waals surface area contributed by atoms with Crippen molar-refractivity contribution >= 4 is 27.7 Å². The Bertz CT molecular complexity index is 775. The number of carbonyl (C=O) groups excluding carboxylic acids is 2. The van der Waals surface area contributed by atoms with Gasteiger partial charge in [0, 0.05) is 16.1 Å². The quantitative estimate of drug-likeness (QED) is 0.698. The zero-order chi connectivity index (χ0) is 19.1. The van der Waals surface area contributed by atoms with Crippen LogP contribution in [0.4, 0.5) is 0 Å². The van der Waals surface area contributed by atoms with Crippen molar-refractivity contribution in [2.24, 2.45) is 0 Å². The first-order valence-electron chi connectivity index (χ1n) is 7.68. The molecule has 2 aromatic carbocycles. The monoisotopic (exact) mass is 422 g/mol. The van der Waals surface area contributed by atoms with Gasteiger partial charge in [-0.2, -0.15) is 0 Å². The molecule has 8 heteroatoms. The fourth-order valence-electron chi connectivity index (χ4n) is 2.03. The second-order valence-corrected chi connectivity index (χ2v) is 6.18. The van der Waals surface area contributed by atoms with Gasteiger partial charge in [0.15, 0.2) is 6.10 Å². The lowest BCUT2D eigenvalue weighted by Crippen LogP contribution is -2.47. The highest BCUT2D eigenvalue weighted by Gasteiger charge is 2.17. The fourth-order valence-corrected chi connectivity index (χ4v) is 2.41. The molecule has 0 spiro atoms. The molecule has 7 nitrogen and oxygen atoms in total. The van der Waals surface area contributed by atoms with Gasteiger partial charge in [-0.05, 0) is 37.3 Å². The van der Waals surface area contributed by atoms with E-state index in [2.05, 4.69) is 26.8 Å². The van der Waals surface area contributed by atoms with E-state index >= 15 is 0 Å². The fraction of sp³-hybridized carbons (Fsp3) is 0.222. The molecule has 0 radical (unpaired) electrons. The largest absolute Gasteiger partial charge is 0.497 e. The van der Waals surface area contributed by atoms with E-state index in [1.165, 1.54) is 26.4 Å². The van der Waals surface area contributed by atoms with E-state index in [1.807, 2.05) is 6.07 Å². The second-order valence-electron chi connectivity index (χ2n) is 5.26. The molecule has 0 bridgehead atoms. The maximum Gasteiger partial charge on any atom is 0.279 e. The summed E-state index contributed by atoms with van der Waals surface area (Å²) in [5.74, 6) is 0.462. The molecule has 0 aliphatic rings. The molecule has 0 saturated carbocycles. The zero-order valence-corrected chi connectivity index (χ0v) is 16.1. The zero-order valence-electron chi connectivity index (χ0n) is 14.5. The van der Waals surface area contributed by atoms with Crippen LogP contribution in [0.15, 0.2) is 46.9 Å². The summed E-state index contributed by atoms with van der Waals surface area (Å²) in [6, 6.07) is 11.8. The number of nitrogens with one attached hydrogen (secondary N) is 2. The summed E-state index contributed by atoms with van der Waals surface area (Å²) in [6.07, 6.45) is -0.801. The van der Waals surface area contributed by atoms with Gasteiger partial charge in [-0.3, -0.25) is 20.4 Å². The Hall–Kier alpha value is -2.74. The minimum Gasteiger partial charge on any atom is -0.497 e. The summed E-state index contributed by atoms with van der Waals surface area (Å²) in [6.45, 7) is 1.58. The topological polar surface area (TPSA) is 85.9 Å². The first-order valence-corrected chi connectivity index (χ1v) is 8.47. The average Bonchev–Trinajstić information content (AvgIpc) is 2.65. The summed E-state index contributed by atoms with van der Waals surface area (Å²) in [5.41, 5.74) is 4.95. The normalized spacial score (nSPS) is 11.2. The minimum atomic E-state index is -0.801. The molecule has 2 rings (SSSR count). The minimum absolute atomic E-state index is 0.280. The van der Waals surface area contributed by atoms with Crippen LogP contribution in [0.25, 0.3) is 0 Å². The van der Waals surface area contributed by atoms with Gasteiger partial charge < -0.3 is 14.2 Å². The Labute approximate surface area is 159 Å². The second kappa shape index (κ2) is 9.10. The van der Waals surface area contributed by atoms with Crippen LogP contribution in [0, 0.1) is 0 Å². The third-order valence-corrected chi connectivity index (χ3v) is 3.88. The van der Waals surface area contributed by atoms with Crippen LogP contribution in [0.2, 0.25) is 0 Å². The summed E-state index contributed by atoms with van der Waals surface area (Å²) < 4.78 is 16.6. The van der Waals surface area contributed by atoms with Crippen LogP contribution in [0.1, 0.15) is 17.3 Å². The third kappa shape index (κ3) is 5.38. The molecule has 2 amide bonds. The van der Waals surface area contributed by atoms with Gasteiger partial charge in [-0.15, -0.1) is 0 Å². The summed E-state index contributed by atoms with van der Waals surface area (Å²) >= 11 is 3.33. The molecule has 26 heavy (non-hydrogen) atoms. The molecule has 2 aromatic rings. The Balaban J connectivity index is 1.95. The highest BCUT2D eigenvalue weighted by Crippen LogP contribution is 2.22. The average molecular weight is 423 g/mol. The van der Waals surface area contributed by atoms with Gasteiger partial charge >= 0.3 is 0 Å². The van der Waals surface area contributed by atoms with Crippen molar-refractivity contribution < 1.29 is 23.8 Å². The van der Waals surface area contributed by atoms with E-state index < -0.39 is 17.9 Å². The van der Waals surface area contributed by atoms with Gasteiger partial charge in [0.1, 0.15) is 17.2 Å². The highest BCUT2D eigenvalue weighted by molar-refractivity contribution is 9.10. The van der Waals surface area contributed by atoms with Gasteiger partial charge in [-0.1, -0.05) is 22.0 Å². The van der Waals surface area contributed by atoms with Crippen LogP contribution in [-0.4, -0.2) is 32.1 Å². The number of ether oxygens (including phenoxy) is 3. The van der Waals surface area contributed by atoms with Crippen LogP contribution in [-0.2, 0) is 4.79 Å². The van der Waals surface area contributed by atoms with Gasteiger partial charge in [-0.25, -0.2) is 0 Å². The molecule has 138 valence electrons. The number of methoxy groups -OCH3 is 2. The van der Waals surface area contributed by atoms with Gasteiger partial charge in [0.2, 0.25) is 0 Å². The van der Waals surface area contributed by atoms with Gasteiger partial charge in [0.25, 0.3) is 11.8 Å². The first kappa shape index (κ1) is 19.6. The van der Waals surface area contributed by atoms with E-state index in [4.69, 9.17) is 14.2 Å². The van der Waals surface area contributed by atoms with Crippen LogP contribution in [0.5, 0.6) is 17.2 Å². The standard InChI is InChI=1S/C18H19BrN2O5/c1-11(26-14-6-4-5-13(19)9-14)17(22)20-21-18(23)12-7-15(24-2)10-16(8-12)25-3/h4-11H,1-3H3,(H,20,22)(H,21,23)/t11-/m1/s1. The maximum atomic E-state index is 12.2. The van der Waals surface area contributed by atoms with E-state index in [0.717, 1.165) is 4.47 Å². The molecule has 0 unspecified atom stereocenters. The summed E-state index contributed by atoms with van der Waals surface area (Å²) in [5, 5.41) is 0. The lowest BCUT2D eigenvalue weighted by atomic mass is 10.2. The number of hydrogen-bond donors (Lipinski definition) is 2. The molecule has 0 aromatic heterocycles. The summed E-state index contributed by atoms with van der Waals surface area (Å²) in [4.78, 5) is 24.3. The molecule has 0 fully saturated rings. The Morgan fingerprint density at radius 3 is 2.19 bits per heavy atom. The summed E-state index contributed by atoms with van der Waals surface area (Å²) in [7, 11) is 2.97. The van der Waals surface area contributed by atoms with Gasteiger partial charge in [0.05, 0.1) is 14.2 Å². The predicted octanol–water partition coefficient (Wildman–Crippen LogP) is 2.69. The molecular formula is C18H19BrN2O5. The number of rotatable bonds is 6. The van der Waals surface area contributed by atoms with Crippen molar-refractivity contribution in [3.63, 3.8) is 0 Å². The van der Waals surface area contributed by atoms with Crippen molar-refractivity contribution in [3.05, 3.63) is 52.5 Å². The van der Waals surface area contributed by atoms with Crippen molar-refractivity contribution in [1.29, 1.82) is 0 Å². The predicted molar refractivity (Wildman–Crippen MR) is 99.4 cm³/mol. The number of halogens is 1. The number of benzene rings is 2. The van der Waals surface area contributed by atoms with Crippen molar-refractivity contribution in [2.45, 2.75) is 13.0 Å². The Morgan fingerprint density at radius 2 is 1.62 bits per heavy atom. The SMILES string of the molecule is COc1cc(OC)cc(C(=O)NNC(=O)[C@@H](C)Oc2cccc(Br)c2)c1. The third-order valence-electron chi connectivity index (χ3n) is 3.39. The molecule has 0 heterocycles. The number of hydrazine groups is 1. The lowest BCUT2D eigenvalue weighted by Gasteiger charge is -2.15. The van der Waals surface area contributed by atoms with E-state index in [0.29, 0.717) is 17.2 Å². The van der Waals surface area contributed by atoms with Crippen LogP contribution in [0.3, 0.4) is 0 Å². The maximum absolute atomic E-state index is 12.2. The van der Waals surface area contributed by atoms with E-state index in [1.54, 1.807) is 31.2 Å². The Kier molecular flexibility index (Phi) is 6.85. The molecular weight excluding hydrogens is 404 g/mol. The van der Waals surface area contributed by atoms with Crippen molar-refractivity contribution in [3.8, 4) is 17.2 Å². The number of carbonyl (C=O) groups is 2. The van der Waals surface area contributed by atoms with Crippen LogP contribution >= 0.6 is 15.9 Å². The number of hydrogen-bond acceptors (Lipinski definition) is 5. The van der Waals surface area contributed by atoms with Crippen LogP contribution < -0.4 is 25.1 Å². The van der Waals surface area contributed by atoms with E-state index in [9.17, 15) is 9.59 Å². The Morgan fingerprint density at radius 1 is 0.962 bits per heavy atom. The number of amides is 2. The van der Waals surface area contributed by atoms with E-state index in [-0.39, 0.29) is 5.56 Å². The highest BCUT2D eigenvalue weighted by atomic mass is 79.9. The molecule has 1 atom stereocenters. The van der Waals surface area contributed by atoms with Crippen molar-refractivity contribution in [1.82, 2.24) is 10.9 Å². The molecule has 0 aliphatic carbocycles.